The van der Waals surface area contributed by atoms with E-state index in [9.17, 15) is 0 Å². The smallest absolute Gasteiger partial charge is 0.118 e. The third kappa shape index (κ3) is 4.22. The molecule has 0 saturated carbocycles. The Labute approximate surface area is 116 Å². The number of methoxy groups -OCH3 is 1. The fourth-order valence-corrected chi connectivity index (χ4v) is 2.75. The van der Waals surface area contributed by atoms with Gasteiger partial charge in [-0.25, -0.2) is 0 Å². The molecule has 2 atom stereocenters. The summed E-state index contributed by atoms with van der Waals surface area (Å²) in [6, 6.07) is 8.97. The number of hydrogen-bond donors (Lipinski definition) is 1. The molecule has 0 spiro atoms. The van der Waals surface area contributed by atoms with Crippen LogP contribution in [0, 0.1) is 5.92 Å². The summed E-state index contributed by atoms with van der Waals surface area (Å²) >= 11 is 0. The van der Waals surface area contributed by atoms with E-state index in [1.165, 1.54) is 18.4 Å². The van der Waals surface area contributed by atoms with Crippen LogP contribution in [0.1, 0.15) is 25.3 Å². The predicted molar refractivity (Wildman–Crippen MR) is 77.7 cm³/mol. The summed E-state index contributed by atoms with van der Waals surface area (Å²) < 4.78 is 10.7. The molecular formula is C16H25NO2. The molecule has 0 amide bonds. The van der Waals surface area contributed by atoms with E-state index in [0.29, 0.717) is 12.0 Å². The molecule has 3 nitrogen and oxygen atoms in total. The Hall–Kier alpha value is -1.06. The molecule has 106 valence electrons. The molecule has 1 saturated heterocycles. The summed E-state index contributed by atoms with van der Waals surface area (Å²) in [6.45, 7) is 5.05. The quantitative estimate of drug-likeness (QED) is 0.820. The Morgan fingerprint density at radius 3 is 2.74 bits per heavy atom. The van der Waals surface area contributed by atoms with E-state index < -0.39 is 0 Å². The summed E-state index contributed by atoms with van der Waals surface area (Å²) in [4.78, 5) is 0. The minimum absolute atomic E-state index is 0.578. The van der Waals surface area contributed by atoms with Crippen molar-refractivity contribution in [3.8, 4) is 5.75 Å². The molecule has 19 heavy (non-hydrogen) atoms. The Morgan fingerprint density at radius 2 is 2.16 bits per heavy atom. The Morgan fingerprint density at radius 1 is 1.37 bits per heavy atom. The van der Waals surface area contributed by atoms with E-state index in [-0.39, 0.29) is 0 Å². The number of ether oxygens (including phenoxy) is 2. The fourth-order valence-electron chi connectivity index (χ4n) is 2.75. The first-order chi connectivity index (χ1) is 9.33. The maximum atomic E-state index is 5.51. The summed E-state index contributed by atoms with van der Waals surface area (Å²) in [5.74, 6) is 1.61. The highest BCUT2D eigenvalue weighted by molar-refractivity contribution is 5.27. The molecule has 1 aliphatic rings. The van der Waals surface area contributed by atoms with Gasteiger partial charge in [0.25, 0.3) is 0 Å². The number of aryl methyl sites for hydroxylation is 1. The van der Waals surface area contributed by atoms with Gasteiger partial charge >= 0.3 is 0 Å². The van der Waals surface area contributed by atoms with Gasteiger partial charge in [0, 0.05) is 12.6 Å². The summed E-state index contributed by atoms with van der Waals surface area (Å²) in [6.07, 6.45) is 3.48. The molecule has 1 aromatic rings. The van der Waals surface area contributed by atoms with Gasteiger partial charge in [-0.3, -0.25) is 0 Å². The average molecular weight is 263 g/mol. The van der Waals surface area contributed by atoms with Crippen LogP contribution in [0.5, 0.6) is 5.75 Å². The van der Waals surface area contributed by atoms with Crippen LogP contribution < -0.4 is 10.1 Å². The normalized spacial score (nSPS) is 20.4. The van der Waals surface area contributed by atoms with Crippen molar-refractivity contribution in [1.29, 1.82) is 0 Å². The van der Waals surface area contributed by atoms with E-state index in [1.807, 2.05) is 12.1 Å². The van der Waals surface area contributed by atoms with Crippen molar-refractivity contribution in [2.75, 3.05) is 26.9 Å². The maximum absolute atomic E-state index is 5.51. The average Bonchev–Trinajstić information content (AvgIpc) is 2.98. The number of benzene rings is 1. The van der Waals surface area contributed by atoms with Gasteiger partial charge in [0.2, 0.25) is 0 Å². The summed E-state index contributed by atoms with van der Waals surface area (Å²) in [5.41, 5.74) is 1.38. The lowest BCUT2D eigenvalue weighted by Gasteiger charge is -2.23. The Kier molecular flexibility index (Phi) is 5.67. The summed E-state index contributed by atoms with van der Waals surface area (Å²) in [5, 5.41) is 3.61. The van der Waals surface area contributed by atoms with Crippen molar-refractivity contribution in [1.82, 2.24) is 5.32 Å². The topological polar surface area (TPSA) is 30.5 Å². The SMILES string of the molecule is CCNC(CCc1ccc(OC)cc1)C1CCOC1. The molecule has 1 aliphatic heterocycles. The minimum Gasteiger partial charge on any atom is -0.497 e. The first kappa shape index (κ1) is 14.4. The second-order valence-electron chi connectivity index (χ2n) is 5.17. The standard InChI is InChI=1S/C16H25NO2/c1-3-17-16(14-10-11-19-12-14)9-6-13-4-7-15(18-2)8-5-13/h4-5,7-8,14,16-17H,3,6,9-12H2,1-2H3. The van der Waals surface area contributed by atoms with Crippen LogP contribution in [-0.2, 0) is 11.2 Å². The largest absolute Gasteiger partial charge is 0.497 e. The van der Waals surface area contributed by atoms with Gasteiger partial charge < -0.3 is 14.8 Å². The molecule has 2 unspecified atom stereocenters. The minimum atomic E-state index is 0.578. The number of rotatable bonds is 7. The number of nitrogens with one attached hydrogen (secondary N) is 1. The highest BCUT2D eigenvalue weighted by Crippen LogP contribution is 2.21. The van der Waals surface area contributed by atoms with E-state index >= 15 is 0 Å². The first-order valence-electron chi connectivity index (χ1n) is 7.27. The van der Waals surface area contributed by atoms with Crippen molar-refractivity contribution in [3.63, 3.8) is 0 Å². The van der Waals surface area contributed by atoms with Crippen molar-refractivity contribution >= 4 is 0 Å². The highest BCUT2D eigenvalue weighted by atomic mass is 16.5. The Balaban J connectivity index is 1.86. The third-order valence-corrected chi connectivity index (χ3v) is 3.90. The molecule has 0 radical (unpaired) electrons. The molecule has 2 rings (SSSR count). The van der Waals surface area contributed by atoms with Crippen molar-refractivity contribution in [3.05, 3.63) is 29.8 Å². The van der Waals surface area contributed by atoms with Crippen LogP contribution in [0.4, 0.5) is 0 Å². The lowest BCUT2D eigenvalue weighted by molar-refractivity contribution is 0.175. The highest BCUT2D eigenvalue weighted by Gasteiger charge is 2.24. The molecule has 3 heteroatoms. The van der Waals surface area contributed by atoms with Crippen molar-refractivity contribution in [2.24, 2.45) is 5.92 Å². The second-order valence-corrected chi connectivity index (χ2v) is 5.17. The molecule has 0 bridgehead atoms. The van der Waals surface area contributed by atoms with E-state index in [2.05, 4.69) is 24.4 Å². The zero-order valence-electron chi connectivity index (χ0n) is 12.0. The van der Waals surface area contributed by atoms with Crippen molar-refractivity contribution in [2.45, 2.75) is 32.2 Å². The van der Waals surface area contributed by atoms with E-state index in [1.54, 1.807) is 7.11 Å². The molecule has 1 N–H and O–H groups in total. The second kappa shape index (κ2) is 7.51. The van der Waals surface area contributed by atoms with Gasteiger partial charge in [-0.05, 0) is 49.4 Å². The number of hydrogen-bond acceptors (Lipinski definition) is 3. The van der Waals surface area contributed by atoms with Crippen LogP contribution in [-0.4, -0.2) is 32.9 Å². The monoisotopic (exact) mass is 263 g/mol. The summed E-state index contributed by atoms with van der Waals surface area (Å²) in [7, 11) is 1.70. The first-order valence-corrected chi connectivity index (χ1v) is 7.27. The van der Waals surface area contributed by atoms with E-state index in [0.717, 1.165) is 31.9 Å². The molecule has 1 heterocycles. The molecule has 0 aromatic heterocycles. The predicted octanol–water partition coefficient (Wildman–Crippen LogP) is 2.64. The van der Waals surface area contributed by atoms with Crippen LogP contribution in [0.15, 0.2) is 24.3 Å². The fraction of sp³-hybridized carbons (Fsp3) is 0.625. The van der Waals surface area contributed by atoms with Crippen molar-refractivity contribution < 1.29 is 9.47 Å². The van der Waals surface area contributed by atoms with Crippen LogP contribution in [0.3, 0.4) is 0 Å². The van der Waals surface area contributed by atoms with Gasteiger partial charge in [0.05, 0.1) is 13.7 Å². The van der Waals surface area contributed by atoms with E-state index in [4.69, 9.17) is 9.47 Å². The third-order valence-electron chi connectivity index (χ3n) is 3.90. The molecule has 1 aromatic carbocycles. The van der Waals surface area contributed by atoms with Crippen LogP contribution in [0.25, 0.3) is 0 Å². The lowest BCUT2D eigenvalue weighted by Crippen LogP contribution is -2.36. The van der Waals surface area contributed by atoms with Crippen LogP contribution in [0.2, 0.25) is 0 Å². The van der Waals surface area contributed by atoms with Crippen LogP contribution >= 0.6 is 0 Å². The van der Waals surface area contributed by atoms with Gasteiger partial charge in [-0.2, -0.15) is 0 Å². The van der Waals surface area contributed by atoms with Gasteiger partial charge in [-0.15, -0.1) is 0 Å². The molecule has 1 fully saturated rings. The van der Waals surface area contributed by atoms with Gasteiger partial charge in [0.1, 0.15) is 5.75 Å². The maximum Gasteiger partial charge on any atom is 0.118 e. The van der Waals surface area contributed by atoms with Gasteiger partial charge in [-0.1, -0.05) is 19.1 Å². The lowest BCUT2D eigenvalue weighted by atomic mass is 9.93. The Bertz CT molecular complexity index is 358. The zero-order chi connectivity index (χ0) is 13.5. The molecular weight excluding hydrogens is 238 g/mol. The molecule has 0 aliphatic carbocycles. The van der Waals surface area contributed by atoms with Gasteiger partial charge in [0.15, 0.2) is 0 Å². The zero-order valence-corrected chi connectivity index (χ0v) is 12.0.